The van der Waals surface area contributed by atoms with Crippen LogP contribution in [-0.4, -0.2) is 56.3 Å². The van der Waals surface area contributed by atoms with Gasteiger partial charge in [0, 0.05) is 19.1 Å². The zero-order valence-electron chi connectivity index (χ0n) is 15.1. The van der Waals surface area contributed by atoms with Crippen molar-refractivity contribution in [1.82, 2.24) is 10.2 Å². The molecule has 0 spiro atoms. The van der Waals surface area contributed by atoms with E-state index in [1.165, 1.54) is 0 Å². The number of nitrogens with zero attached hydrogens (tertiary/aromatic N) is 1. The van der Waals surface area contributed by atoms with Gasteiger partial charge in [-0.25, -0.2) is 4.79 Å². The first kappa shape index (κ1) is 19.1. The van der Waals surface area contributed by atoms with Crippen molar-refractivity contribution in [2.24, 2.45) is 0 Å². The SMILES string of the molecule is CCOC(=O)N1CCC(NCC(=O)Nc2cc(C)ccc2OC)CC1. The molecule has 1 aromatic carbocycles. The first-order chi connectivity index (χ1) is 12.0. The third kappa shape index (κ3) is 5.63. The molecular formula is C18H27N3O4. The van der Waals surface area contributed by atoms with Crippen LogP contribution in [-0.2, 0) is 9.53 Å². The van der Waals surface area contributed by atoms with E-state index in [-0.39, 0.29) is 24.6 Å². The van der Waals surface area contributed by atoms with Gasteiger partial charge in [-0.05, 0) is 44.4 Å². The zero-order chi connectivity index (χ0) is 18.2. The molecule has 7 heteroatoms. The van der Waals surface area contributed by atoms with Crippen LogP contribution >= 0.6 is 0 Å². The number of benzene rings is 1. The summed E-state index contributed by atoms with van der Waals surface area (Å²) in [4.78, 5) is 25.6. The Morgan fingerprint density at radius 2 is 2.00 bits per heavy atom. The van der Waals surface area contributed by atoms with Crippen LogP contribution < -0.4 is 15.4 Å². The molecule has 0 unspecified atom stereocenters. The van der Waals surface area contributed by atoms with Crippen LogP contribution in [0.5, 0.6) is 5.75 Å². The molecule has 25 heavy (non-hydrogen) atoms. The number of ether oxygens (including phenoxy) is 2. The number of carbonyl (C=O) groups is 2. The van der Waals surface area contributed by atoms with E-state index in [9.17, 15) is 9.59 Å². The molecular weight excluding hydrogens is 322 g/mol. The van der Waals surface area contributed by atoms with Gasteiger partial charge in [-0.1, -0.05) is 6.07 Å². The van der Waals surface area contributed by atoms with Gasteiger partial charge in [-0.15, -0.1) is 0 Å². The van der Waals surface area contributed by atoms with Crippen LogP contribution in [0.15, 0.2) is 18.2 Å². The third-order valence-electron chi connectivity index (χ3n) is 4.20. The molecule has 1 heterocycles. The average Bonchev–Trinajstić information content (AvgIpc) is 2.61. The molecule has 0 bridgehead atoms. The van der Waals surface area contributed by atoms with Crippen molar-refractivity contribution in [2.45, 2.75) is 32.7 Å². The van der Waals surface area contributed by atoms with Crippen LogP contribution in [0.4, 0.5) is 10.5 Å². The summed E-state index contributed by atoms with van der Waals surface area (Å²) < 4.78 is 10.3. The van der Waals surface area contributed by atoms with Gasteiger partial charge in [-0.2, -0.15) is 0 Å². The van der Waals surface area contributed by atoms with E-state index in [0.29, 0.717) is 31.1 Å². The Bertz CT molecular complexity index is 598. The Morgan fingerprint density at radius 1 is 1.28 bits per heavy atom. The lowest BCUT2D eigenvalue weighted by molar-refractivity contribution is -0.115. The number of methoxy groups -OCH3 is 1. The molecule has 1 saturated heterocycles. The average molecular weight is 349 g/mol. The van der Waals surface area contributed by atoms with Crippen molar-refractivity contribution >= 4 is 17.7 Å². The third-order valence-corrected chi connectivity index (χ3v) is 4.20. The Hall–Kier alpha value is -2.28. The molecule has 1 aliphatic rings. The highest BCUT2D eigenvalue weighted by Gasteiger charge is 2.23. The Labute approximate surface area is 148 Å². The van der Waals surface area contributed by atoms with Gasteiger partial charge < -0.3 is 25.0 Å². The number of hydrogen-bond donors (Lipinski definition) is 2. The van der Waals surface area contributed by atoms with Crippen LogP contribution in [0.25, 0.3) is 0 Å². The second-order valence-corrected chi connectivity index (χ2v) is 6.09. The van der Waals surface area contributed by atoms with Crippen LogP contribution in [0.2, 0.25) is 0 Å². The van der Waals surface area contributed by atoms with E-state index in [1.807, 2.05) is 25.1 Å². The second-order valence-electron chi connectivity index (χ2n) is 6.09. The van der Waals surface area contributed by atoms with E-state index in [0.717, 1.165) is 18.4 Å². The number of rotatable bonds is 6. The number of amides is 2. The topological polar surface area (TPSA) is 79.9 Å². The molecule has 1 fully saturated rings. The summed E-state index contributed by atoms with van der Waals surface area (Å²) in [6.45, 7) is 5.66. The second kappa shape index (κ2) is 9.27. The van der Waals surface area contributed by atoms with Crippen LogP contribution in [0, 0.1) is 6.92 Å². The van der Waals surface area contributed by atoms with Gasteiger partial charge in [-0.3, -0.25) is 4.79 Å². The highest BCUT2D eigenvalue weighted by Crippen LogP contribution is 2.25. The standard InChI is InChI=1S/C18H27N3O4/c1-4-25-18(23)21-9-7-14(8-10-21)19-12-17(22)20-15-11-13(2)5-6-16(15)24-3/h5-6,11,14,19H,4,7-10,12H2,1-3H3,(H,20,22). The molecule has 0 radical (unpaired) electrons. The first-order valence-electron chi connectivity index (χ1n) is 8.63. The largest absolute Gasteiger partial charge is 0.495 e. The smallest absolute Gasteiger partial charge is 0.409 e. The van der Waals surface area contributed by atoms with E-state index >= 15 is 0 Å². The monoisotopic (exact) mass is 349 g/mol. The summed E-state index contributed by atoms with van der Waals surface area (Å²) in [7, 11) is 1.58. The molecule has 0 aromatic heterocycles. The molecule has 138 valence electrons. The summed E-state index contributed by atoms with van der Waals surface area (Å²) >= 11 is 0. The van der Waals surface area contributed by atoms with Crippen molar-refractivity contribution < 1.29 is 19.1 Å². The molecule has 7 nitrogen and oxygen atoms in total. The van der Waals surface area contributed by atoms with E-state index in [2.05, 4.69) is 10.6 Å². The normalized spacial score (nSPS) is 14.9. The predicted molar refractivity (Wildman–Crippen MR) is 96.0 cm³/mol. The fraction of sp³-hybridized carbons (Fsp3) is 0.556. The maximum atomic E-state index is 12.2. The predicted octanol–water partition coefficient (Wildman–Crippen LogP) is 2.15. The molecule has 1 aromatic rings. The number of carbonyl (C=O) groups excluding carboxylic acids is 2. The maximum absolute atomic E-state index is 12.2. The van der Waals surface area contributed by atoms with E-state index in [1.54, 1.807) is 18.9 Å². The number of piperidine rings is 1. The number of likely N-dealkylation sites (tertiary alicyclic amines) is 1. The van der Waals surface area contributed by atoms with Crippen molar-refractivity contribution in [1.29, 1.82) is 0 Å². The molecule has 0 aliphatic carbocycles. The highest BCUT2D eigenvalue weighted by molar-refractivity contribution is 5.93. The molecule has 2 amide bonds. The van der Waals surface area contributed by atoms with E-state index < -0.39 is 0 Å². The van der Waals surface area contributed by atoms with Crippen molar-refractivity contribution in [3.8, 4) is 5.75 Å². The molecule has 0 saturated carbocycles. The summed E-state index contributed by atoms with van der Waals surface area (Å²) in [6, 6.07) is 5.87. The molecule has 2 rings (SSSR count). The summed E-state index contributed by atoms with van der Waals surface area (Å²) in [5.41, 5.74) is 1.72. The lowest BCUT2D eigenvalue weighted by Gasteiger charge is -2.31. The summed E-state index contributed by atoms with van der Waals surface area (Å²) in [6.07, 6.45) is 1.35. The minimum atomic E-state index is -0.259. The van der Waals surface area contributed by atoms with Gasteiger partial charge in [0.25, 0.3) is 0 Å². The van der Waals surface area contributed by atoms with Crippen LogP contribution in [0.3, 0.4) is 0 Å². The van der Waals surface area contributed by atoms with Gasteiger partial charge in [0.15, 0.2) is 0 Å². The Kier molecular flexibility index (Phi) is 7.06. The molecule has 0 atom stereocenters. The maximum Gasteiger partial charge on any atom is 0.409 e. The van der Waals surface area contributed by atoms with Crippen LogP contribution in [0.1, 0.15) is 25.3 Å². The van der Waals surface area contributed by atoms with Gasteiger partial charge >= 0.3 is 6.09 Å². The van der Waals surface area contributed by atoms with E-state index in [4.69, 9.17) is 9.47 Å². The Morgan fingerprint density at radius 3 is 2.64 bits per heavy atom. The van der Waals surface area contributed by atoms with Crippen molar-refractivity contribution in [3.63, 3.8) is 0 Å². The minimum Gasteiger partial charge on any atom is -0.495 e. The van der Waals surface area contributed by atoms with Gasteiger partial charge in [0.2, 0.25) is 5.91 Å². The number of anilines is 1. The fourth-order valence-electron chi connectivity index (χ4n) is 2.83. The number of nitrogens with one attached hydrogen (secondary N) is 2. The lowest BCUT2D eigenvalue weighted by Crippen LogP contribution is -2.46. The molecule has 1 aliphatic heterocycles. The summed E-state index contributed by atoms with van der Waals surface area (Å²) in [5, 5.41) is 6.13. The van der Waals surface area contributed by atoms with Crippen molar-refractivity contribution in [2.75, 3.05) is 38.7 Å². The lowest BCUT2D eigenvalue weighted by atomic mass is 10.1. The van der Waals surface area contributed by atoms with Gasteiger partial charge in [0.05, 0.1) is 25.9 Å². The Balaban J connectivity index is 1.76. The minimum absolute atomic E-state index is 0.114. The number of hydrogen-bond acceptors (Lipinski definition) is 5. The number of aryl methyl sites for hydroxylation is 1. The zero-order valence-corrected chi connectivity index (χ0v) is 15.1. The summed E-state index contributed by atoms with van der Waals surface area (Å²) in [5.74, 6) is 0.526. The molecule has 2 N–H and O–H groups in total. The van der Waals surface area contributed by atoms with Crippen molar-refractivity contribution in [3.05, 3.63) is 23.8 Å². The quantitative estimate of drug-likeness (QED) is 0.823. The van der Waals surface area contributed by atoms with Gasteiger partial charge in [0.1, 0.15) is 5.75 Å². The highest BCUT2D eigenvalue weighted by atomic mass is 16.6. The first-order valence-corrected chi connectivity index (χ1v) is 8.63. The fourth-order valence-corrected chi connectivity index (χ4v) is 2.83.